The Hall–Kier alpha value is -3.40. The molecule has 128 valence electrons. The Bertz CT molecular complexity index is 972. The van der Waals surface area contributed by atoms with Crippen molar-refractivity contribution in [3.05, 3.63) is 102 Å². The number of rotatable bonds is 3. The van der Waals surface area contributed by atoms with Crippen LogP contribution >= 0.6 is 0 Å². The normalized spacial score (nSPS) is 13.9. The number of amides is 1. The van der Waals surface area contributed by atoms with Gasteiger partial charge in [-0.1, -0.05) is 60.7 Å². The lowest BCUT2D eigenvalue weighted by molar-refractivity contribution is -0.121. The zero-order valence-corrected chi connectivity index (χ0v) is 14.8. The first-order chi connectivity index (χ1) is 12.7. The number of benzene rings is 2. The van der Waals surface area contributed by atoms with Gasteiger partial charge in [0.1, 0.15) is 5.70 Å². The molecule has 4 nitrogen and oxygen atoms in total. The zero-order chi connectivity index (χ0) is 18.1. The first-order valence-electron chi connectivity index (χ1n) is 8.50. The zero-order valence-electron chi connectivity index (χ0n) is 14.8. The lowest BCUT2D eigenvalue weighted by Crippen LogP contribution is -2.29. The van der Waals surface area contributed by atoms with Crippen molar-refractivity contribution in [3.8, 4) is 0 Å². The number of aryl methyl sites for hydroxylation is 1. The number of nitrogens with zero attached hydrogens (tertiary/aromatic N) is 3. The number of amidine groups is 1. The van der Waals surface area contributed by atoms with E-state index in [1.807, 2.05) is 90.6 Å². The second-order valence-electron chi connectivity index (χ2n) is 6.26. The van der Waals surface area contributed by atoms with Crippen LogP contribution in [-0.2, 0) is 11.8 Å². The molecule has 1 aliphatic heterocycles. The molecule has 0 saturated carbocycles. The Labute approximate surface area is 152 Å². The lowest BCUT2D eigenvalue weighted by Gasteiger charge is -2.13. The van der Waals surface area contributed by atoms with Gasteiger partial charge in [-0.3, -0.25) is 9.69 Å². The summed E-state index contributed by atoms with van der Waals surface area (Å²) in [7, 11) is 3.72. The predicted octanol–water partition coefficient (Wildman–Crippen LogP) is 3.70. The predicted molar refractivity (Wildman–Crippen MR) is 104 cm³/mol. The number of carbonyl (C=O) groups is 1. The molecule has 4 heteroatoms. The minimum Gasteiger partial charge on any atom is -0.348 e. The van der Waals surface area contributed by atoms with Crippen LogP contribution in [-0.4, -0.2) is 28.3 Å². The van der Waals surface area contributed by atoms with E-state index in [9.17, 15) is 4.79 Å². The molecule has 0 unspecified atom stereocenters. The van der Waals surface area contributed by atoms with Gasteiger partial charge in [0.25, 0.3) is 5.91 Å². The molecule has 0 fully saturated rings. The summed E-state index contributed by atoms with van der Waals surface area (Å²) in [6, 6.07) is 23.8. The summed E-state index contributed by atoms with van der Waals surface area (Å²) >= 11 is 0. The molecule has 1 aromatic heterocycles. The van der Waals surface area contributed by atoms with Crippen molar-refractivity contribution >= 4 is 17.3 Å². The van der Waals surface area contributed by atoms with Crippen molar-refractivity contribution < 1.29 is 4.79 Å². The van der Waals surface area contributed by atoms with Crippen molar-refractivity contribution in [2.45, 2.75) is 0 Å². The van der Waals surface area contributed by atoms with E-state index in [-0.39, 0.29) is 5.91 Å². The van der Waals surface area contributed by atoms with Gasteiger partial charge in [-0.2, -0.15) is 0 Å². The summed E-state index contributed by atoms with van der Waals surface area (Å²) in [5.74, 6) is 0.575. The van der Waals surface area contributed by atoms with Crippen LogP contribution in [0.25, 0.3) is 5.57 Å². The maximum atomic E-state index is 13.1. The molecule has 0 atom stereocenters. The van der Waals surface area contributed by atoms with Crippen molar-refractivity contribution in [1.82, 2.24) is 9.47 Å². The van der Waals surface area contributed by atoms with Gasteiger partial charge in [-0.25, -0.2) is 4.99 Å². The molecule has 0 bridgehead atoms. The molecular weight excluding hydrogens is 322 g/mol. The van der Waals surface area contributed by atoms with E-state index < -0.39 is 0 Å². The highest BCUT2D eigenvalue weighted by Gasteiger charge is 2.32. The van der Waals surface area contributed by atoms with E-state index in [4.69, 9.17) is 4.99 Å². The quantitative estimate of drug-likeness (QED) is 0.669. The maximum Gasteiger partial charge on any atom is 0.278 e. The molecule has 0 spiro atoms. The monoisotopic (exact) mass is 341 g/mol. The van der Waals surface area contributed by atoms with Crippen molar-refractivity contribution in [3.63, 3.8) is 0 Å². The van der Waals surface area contributed by atoms with Gasteiger partial charge in [-0.05, 0) is 23.3 Å². The minimum absolute atomic E-state index is 0.0936. The standard InChI is InChI=1S/C22H19N3O/c1-24-15-9-14-18(24)21-23-20(22(26)25(21)2)19(16-10-5-3-6-11-16)17-12-7-4-8-13-17/h3-15H,1-2H3. The largest absolute Gasteiger partial charge is 0.348 e. The number of carbonyl (C=O) groups excluding carboxylic acids is 1. The molecule has 1 amide bonds. The first kappa shape index (κ1) is 16.1. The summed E-state index contributed by atoms with van der Waals surface area (Å²) in [6.45, 7) is 0. The van der Waals surface area contributed by atoms with Crippen LogP contribution in [0.15, 0.2) is 89.7 Å². The molecule has 0 radical (unpaired) electrons. The van der Waals surface area contributed by atoms with Crippen LogP contribution in [0.2, 0.25) is 0 Å². The summed E-state index contributed by atoms with van der Waals surface area (Å²) in [5.41, 5.74) is 4.20. The van der Waals surface area contributed by atoms with Gasteiger partial charge in [0.2, 0.25) is 0 Å². The van der Waals surface area contributed by atoms with Crippen molar-refractivity contribution in [2.75, 3.05) is 7.05 Å². The van der Waals surface area contributed by atoms with Gasteiger partial charge in [-0.15, -0.1) is 0 Å². The van der Waals surface area contributed by atoms with Gasteiger partial charge < -0.3 is 4.57 Å². The van der Waals surface area contributed by atoms with E-state index in [0.29, 0.717) is 11.5 Å². The van der Waals surface area contributed by atoms with E-state index >= 15 is 0 Å². The summed E-state index contributed by atoms with van der Waals surface area (Å²) < 4.78 is 1.97. The number of likely N-dealkylation sites (N-methyl/N-ethyl adjacent to an activating group) is 1. The molecule has 3 aromatic rings. The van der Waals surface area contributed by atoms with Crippen LogP contribution in [0, 0.1) is 0 Å². The molecule has 0 N–H and O–H groups in total. The second-order valence-corrected chi connectivity index (χ2v) is 6.26. The number of aromatic nitrogens is 1. The number of hydrogen-bond acceptors (Lipinski definition) is 2. The van der Waals surface area contributed by atoms with Crippen LogP contribution in [0.1, 0.15) is 16.8 Å². The SMILES string of the molecule is CN1C(=O)C(=C(c2ccccc2)c2ccccc2)N=C1c1cccn1C. The second kappa shape index (κ2) is 6.48. The third-order valence-corrected chi connectivity index (χ3v) is 4.58. The highest BCUT2D eigenvalue weighted by atomic mass is 16.2. The smallest absolute Gasteiger partial charge is 0.278 e. The topological polar surface area (TPSA) is 37.6 Å². The third kappa shape index (κ3) is 2.65. The fourth-order valence-corrected chi connectivity index (χ4v) is 3.22. The van der Waals surface area contributed by atoms with E-state index in [0.717, 1.165) is 22.4 Å². The Kier molecular flexibility index (Phi) is 4.01. The van der Waals surface area contributed by atoms with Crippen LogP contribution in [0.5, 0.6) is 0 Å². The maximum absolute atomic E-state index is 13.1. The number of aliphatic imine (C=N–C) groups is 1. The van der Waals surface area contributed by atoms with Crippen molar-refractivity contribution in [2.24, 2.45) is 12.0 Å². The average molecular weight is 341 g/mol. The van der Waals surface area contributed by atoms with E-state index in [1.54, 1.807) is 11.9 Å². The molecule has 26 heavy (non-hydrogen) atoms. The van der Waals surface area contributed by atoms with Crippen LogP contribution < -0.4 is 0 Å². The molecule has 1 aliphatic rings. The summed E-state index contributed by atoms with van der Waals surface area (Å²) in [5, 5.41) is 0. The molecule has 4 rings (SSSR count). The van der Waals surface area contributed by atoms with E-state index in [2.05, 4.69) is 0 Å². The molecule has 2 aromatic carbocycles. The lowest BCUT2D eigenvalue weighted by atomic mass is 9.96. The van der Waals surface area contributed by atoms with Gasteiger partial charge in [0, 0.05) is 25.9 Å². The van der Waals surface area contributed by atoms with Crippen LogP contribution in [0.3, 0.4) is 0 Å². The Morgan fingerprint density at radius 3 is 1.88 bits per heavy atom. The highest BCUT2D eigenvalue weighted by molar-refractivity contribution is 6.21. The Morgan fingerprint density at radius 1 is 0.808 bits per heavy atom. The Morgan fingerprint density at radius 2 is 1.38 bits per heavy atom. The molecule has 0 aliphatic carbocycles. The molecule has 2 heterocycles. The average Bonchev–Trinajstić information content (AvgIpc) is 3.22. The highest BCUT2D eigenvalue weighted by Crippen LogP contribution is 2.31. The van der Waals surface area contributed by atoms with Crippen molar-refractivity contribution in [1.29, 1.82) is 0 Å². The molecule has 0 saturated heterocycles. The van der Waals surface area contributed by atoms with Gasteiger partial charge in [0.05, 0.1) is 5.69 Å². The fourth-order valence-electron chi connectivity index (χ4n) is 3.22. The third-order valence-electron chi connectivity index (χ3n) is 4.58. The number of hydrogen-bond donors (Lipinski definition) is 0. The fraction of sp³-hybridized carbons (Fsp3) is 0.0909. The summed E-state index contributed by atoms with van der Waals surface area (Å²) in [6.07, 6.45) is 1.95. The van der Waals surface area contributed by atoms with Gasteiger partial charge >= 0.3 is 0 Å². The molecular formula is C22H19N3O. The Balaban J connectivity index is 1.97. The summed E-state index contributed by atoms with van der Waals surface area (Å²) in [4.78, 5) is 19.4. The van der Waals surface area contributed by atoms with E-state index in [1.165, 1.54) is 0 Å². The first-order valence-corrected chi connectivity index (χ1v) is 8.50. The van der Waals surface area contributed by atoms with Gasteiger partial charge in [0.15, 0.2) is 5.84 Å². The minimum atomic E-state index is -0.0936. The van der Waals surface area contributed by atoms with Crippen LogP contribution in [0.4, 0.5) is 0 Å².